The molecule has 84 valence electrons. The van der Waals surface area contributed by atoms with Gasteiger partial charge in [0.25, 0.3) is 5.56 Å². The lowest BCUT2D eigenvalue weighted by molar-refractivity contribution is 0.875. The molecule has 0 spiro atoms. The zero-order chi connectivity index (χ0) is 11.8. The predicted octanol–water partition coefficient (Wildman–Crippen LogP) is 2.20. The highest BCUT2D eigenvalue weighted by Crippen LogP contribution is 2.27. The fourth-order valence-electron chi connectivity index (χ4n) is 1.50. The first-order chi connectivity index (χ1) is 8.25. The standard InChI is InChI=1S/C10H5BrN4OS/c11-6-3-1-5(2-4-6)7-8-9(17-14-7)10(16)13-15-12-8/h1-4H,(H,12,13,16). The van der Waals surface area contributed by atoms with E-state index in [9.17, 15) is 4.79 Å². The summed E-state index contributed by atoms with van der Waals surface area (Å²) >= 11 is 4.50. The molecule has 2 aromatic heterocycles. The van der Waals surface area contributed by atoms with Crippen LogP contribution in [0.15, 0.2) is 33.5 Å². The van der Waals surface area contributed by atoms with E-state index in [1.54, 1.807) is 0 Å². The van der Waals surface area contributed by atoms with Crippen LogP contribution in [0.5, 0.6) is 0 Å². The highest BCUT2D eigenvalue weighted by molar-refractivity contribution is 9.10. The van der Waals surface area contributed by atoms with Gasteiger partial charge in [-0.15, -0.1) is 5.10 Å². The molecule has 0 saturated heterocycles. The van der Waals surface area contributed by atoms with E-state index in [-0.39, 0.29) is 5.56 Å². The van der Waals surface area contributed by atoms with Crippen LogP contribution in [0.4, 0.5) is 0 Å². The van der Waals surface area contributed by atoms with E-state index in [0.717, 1.165) is 21.6 Å². The molecule has 0 aliphatic rings. The Morgan fingerprint density at radius 1 is 1.24 bits per heavy atom. The third-order valence-electron chi connectivity index (χ3n) is 2.29. The van der Waals surface area contributed by atoms with Crippen molar-refractivity contribution in [2.24, 2.45) is 0 Å². The van der Waals surface area contributed by atoms with Crippen molar-refractivity contribution in [2.45, 2.75) is 0 Å². The van der Waals surface area contributed by atoms with E-state index in [1.165, 1.54) is 0 Å². The van der Waals surface area contributed by atoms with E-state index < -0.39 is 0 Å². The van der Waals surface area contributed by atoms with Gasteiger partial charge in [0, 0.05) is 10.0 Å². The van der Waals surface area contributed by atoms with Crippen LogP contribution in [-0.2, 0) is 0 Å². The quantitative estimate of drug-likeness (QED) is 0.748. The van der Waals surface area contributed by atoms with E-state index in [4.69, 9.17) is 0 Å². The van der Waals surface area contributed by atoms with Gasteiger partial charge in [0.2, 0.25) is 0 Å². The highest BCUT2D eigenvalue weighted by Gasteiger charge is 2.12. The molecule has 3 rings (SSSR count). The number of benzene rings is 1. The molecule has 0 unspecified atom stereocenters. The van der Waals surface area contributed by atoms with E-state index in [0.29, 0.717) is 15.9 Å². The minimum atomic E-state index is -0.254. The van der Waals surface area contributed by atoms with Crippen molar-refractivity contribution in [1.82, 2.24) is 19.8 Å². The van der Waals surface area contributed by atoms with Crippen molar-refractivity contribution in [2.75, 3.05) is 0 Å². The molecule has 5 nitrogen and oxygen atoms in total. The smallest absolute Gasteiger partial charge is 0.266 e. The number of hydrogen-bond acceptors (Lipinski definition) is 5. The van der Waals surface area contributed by atoms with Gasteiger partial charge in [-0.25, -0.2) is 5.10 Å². The number of hydrogen-bond donors (Lipinski definition) is 1. The summed E-state index contributed by atoms with van der Waals surface area (Å²) in [6.07, 6.45) is 0. The van der Waals surface area contributed by atoms with Gasteiger partial charge >= 0.3 is 0 Å². The van der Waals surface area contributed by atoms with Crippen molar-refractivity contribution in [3.8, 4) is 11.3 Å². The average molecular weight is 309 g/mol. The van der Waals surface area contributed by atoms with Gasteiger partial charge in [0.1, 0.15) is 15.9 Å². The fourth-order valence-corrected chi connectivity index (χ4v) is 2.49. The summed E-state index contributed by atoms with van der Waals surface area (Å²) in [5.41, 5.74) is 1.90. The van der Waals surface area contributed by atoms with Crippen molar-refractivity contribution in [3.63, 3.8) is 0 Å². The Bertz CT molecular complexity index is 734. The second-order valence-electron chi connectivity index (χ2n) is 3.36. The van der Waals surface area contributed by atoms with Gasteiger partial charge in [0.15, 0.2) is 0 Å². The SMILES string of the molecule is O=c1[nH]nnc2c(-c3ccc(Br)cc3)nsc12. The molecule has 0 bridgehead atoms. The molecule has 0 radical (unpaired) electrons. The molecule has 2 heterocycles. The van der Waals surface area contributed by atoms with Gasteiger partial charge < -0.3 is 0 Å². The number of aromatic amines is 1. The number of rotatable bonds is 1. The largest absolute Gasteiger partial charge is 0.286 e. The highest BCUT2D eigenvalue weighted by atomic mass is 79.9. The normalized spacial score (nSPS) is 10.9. The van der Waals surface area contributed by atoms with Crippen LogP contribution in [0.3, 0.4) is 0 Å². The number of nitrogens with one attached hydrogen (secondary N) is 1. The minimum absolute atomic E-state index is 0.254. The molecule has 0 amide bonds. The van der Waals surface area contributed by atoms with Crippen LogP contribution in [0, 0.1) is 0 Å². The van der Waals surface area contributed by atoms with Crippen LogP contribution in [-0.4, -0.2) is 19.8 Å². The number of aromatic nitrogens is 4. The molecule has 3 aromatic rings. The van der Waals surface area contributed by atoms with Gasteiger partial charge in [-0.05, 0) is 23.7 Å². The lowest BCUT2D eigenvalue weighted by Gasteiger charge is -1.96. The molecule has 1 aromatic carbocycles. The van der Waals surface area contributed by atoms with Gasteiger partial charge in [-0.1, -0.05) is 33.3 Å². The van der Waals surface area contributed by atoms with Crippen LogP contribution >= 0.6 is 27.5 Å². The third-order valence-corrected chi connectivity index (χ3v) is 3.66. The summed E-state index contributed by atoms with van der Waals surface area (Å²) in [7, 11) is 0. The first-order valence-electron chi connectivity index (χ1n) is 4.72. The predicted molar refractivity (Wildman–Crippen MR) is 69.0 cm³/mol. The number of fused-ring (bicyclic) bond motifs is 1. The minimum Gasteiger partial charge on any atom is -0.266 e. The lowest BCUT2D eigenvalue weighted by Crippen LogP contribution is -2.07. The summed E-state index contributed by atoms with van der Waals surface area (Å²) in [6, 6.07) is 7.67. The van der Waals surface area contributed by atoms with Gasteiger partial charge in [-0.3, -0.25) is 4.79 Å². The van der Waals surface area contributed by atoms with Crippen LogP contribution < -0.4 is 5.56 Å². The Morgan fingerprint density at radius 2 is 2.00 bits per heavy atom. The third kappa shape index (κ3) is 1.77. The molecule has 0 saturated carbocycles. The number of H-pyrrole nitrogens is 1. The van der Waals surface area contributed by atoms with Crippen LogP contribution in [0.25, 0.3) is 21.5 Å². The second kappa shape index (κ2) is 4.01. The topological polar surface area (TPSA) is 71.5 Å². The van der Waals surface area contributed by atoms with Crippen LogP contribution in [0.1, 0.15) is 0 Å². The Hall–Kier alpha value is -1.60. The first kappa shape index (κ1) is 10.5. The molecule has 0 fully saturated rings. The molecule has 0 atom stereocenters. The summed E-state index contributed by atoms with van der Waals surface area (Å²) in [6.45, 7) is 0. The molecule has 0 aliphatic carbocycles. The van der Waals surface area contributed by atoms with Gasteiger partial charge in [0.05, 0.1) is 0 Å². The van der Waals surface area contributed by atoms with Crippen LogP contribution in [0.2, 0.25) is 0 Å². The Labute approximate surface area is 108 Å². The maximum Gasteiger partial charge on any atom is 0.286 e. The Balaban J connectivity index is 2.28. The fraction of sp³-hybridized carbons (Fsp3) is 0. The lowest BCUT2D eigenvalue weighted by atomic mass is 10.1. The summed E-state index contributed by atoms with van der Waals surface area (Å²) < 4.78 is 5.75. The Kier molecular flexibility index (Phi) is 2.49. The van der Waals surface area contributed by atoms with Crippen molar-refractivity contribution in [3.05, 3.63) is 39.1 Å². The van der Waals surface area contributed by atoms with Gasteiger partial charge in [-0.2, -0.15) is 4.37 Å². The molecule has 7 heteroatoms. The molecular weight excluding hydrogens is 304 g/mol. The van der Waals surface area contributed by atoms with E-state index in [1.807, 2.05) is 24.3 Å². The zero-order valence-electron chi connectivity index (χ0n) is 8.35. The summed E-state index contributed by atoms with van der Waals surface area (Å²) in [4.78, 5) is 11.5. The maximum absolute atomic E-state index is 11.5. The van der Waals surface area contributed by atoms with E-state index in [2.05, 4.69) is 35.7 Å². The monoisotopic (exact) mass is 308 g/mol. The molecule has 1 N–H and O–H groups in total. The van der Waals surface area contributed by atoms with Crippen molar-refractivity contribution >= 4 is 37.7 Å². The average Bonchev–Trinajstić information content (AvgIpc) is 2.75. The zero-order valence-corrected chi connectivity index (χ0v) is 10.7. The first-order valence-corrected chi connectivity index (χ1v) is 6.29. The molecular formula is C10H5BrN4OS. The van der Waals surface area contributed by atoms with Crippen molar-refractivity contribution < 1.29 is 0 Å². The molecule has 17 heavy (non-hydrogen) atoms. The maximum atomic E-state index is 11.5. The molecule has 0 aliphatic heterocycles. The summed E-state index contributed by atoms with van der Waals surface area (Å²) in [5.74, 6) is 0. The van der Waals surface area contributed by atoms with E-state index >= 15 is 0 Å². The second-order valence-corrected chi connectivity index (χ2v) is 5.05. The Morgan fingerprint density at radius 3 is 2.76 bits per heavy atom. The number of nitrogens with zero attached hydrogens (tertiary/aromatic N) is 3. The number of halogens is 1. The summed E-state index contributed by atoms with van der Waals surface area (Å²) in [5, 5.41) is 9.78. The van der Waals surface area contributed by atoms with Crippen molar-refractivity contribution in [1.29, 1.82) is 0 Å².